The molecule has 0 heterocycles. The molecule has 2 nitrogen and oxygen atoms in total. The minimum absolute atomic E-state index is 0.386. The fourth-order valence-electron chi connectivity index (χ4n) is 6.33. The SMILES string of the molecule is C[Si](C)(C)C([Si](C)(C)C)([Si](C)(C)C)[Si](C)(C)N=C=O. The monoisotopic (exact) mass is 331 g/mol. The van der Waals surface area contributed by atoms with Gasteiger partial charge in [0.15, 0.2) is 8.24 Å². The topological polar surface area (TPSA) is 29.4 Å². The van der Waals surface area contributed by atoms with E-state index in [1.807, 2.05) is 6.08 Å². The van der Waals surface area contributed by atoms with Crippen molar-refractivity contribution in [3.8, 4) is 0 Å². The maximum Gasteiger partial charge on any atom is 0.224 e. The summed E-state index contributed by atoms with van der Waals surface area (Å²) < 4.78 is 4.85. The van der Waals surface area contributed by atoms with Gasteiger partial charge in [-0.1, -0.05) is 58.9 Å². The first-order chi connectivity index (χ1) is 8.06. The van der Waals surface area contributed by atoms with Crippen molar-refractivity contribution < 1.29 is 4.79 Å². The number of isocyanates is 1. The van der Waals surface area contributed by atoms with Crippen LogP contribution in [0.2, 0.25) is 75.9 Å². The molecule has 0 aliphatic heterocycles. The molecule has 0 fully saturated rings. The molecule has 19 heavy (non-hydrogen) atoms. The Labute approximate surface area is 124 Å². The summed E-state index contributed by atoms with van der Waals surface area (Å²) >= 11 is 0. The molecule has 0 spiro atoms. The molecule has 0 saturated heterocycles. The van der Waals surface area contributed by atoms with Gasteiger partial charge in [-0.2, -0.15) is 0 Å². The zero-order valence-corrected chi connectivity index (χ0v) is 18.9. The van der Waals surface area contributed by atoms with E-state index in [-0.39, 0.29) is 0 Å². The van der Waals surface area contributed by atoms with Gasteiger partial charge in [0, 0.05) is 24.2 Å². The van der Waals surface area contributed by atoms with Crippen molar-refractivity contribution in [1.29, 1.82) is 0 Å². The smallest absolute Gasteiger partial charge is 0.224 e. The van der Waals surface area contributed by atoms with E-state index in [0.717, 1.165) is 0 Å². The summed E-state index contributed by atoms with van der Waals surface area (Å²) in [6.07, 6.45) is 1.93. The van der Waals surface area contributed by atoms with Crippen molar-refractivity contribution in [2.75, 3.05) is 0 Å². The molecule has 0 aliphatic rings. The second-order valence-corrected chi connectivity index (χ2v) is 32.1. The highest BCUT2D eigenvalue weighted by atomic mass is 28.5. The van der Waals surface area contributed by atoms with Crippen LogP contribution >= 0.6 is 0 Å². The maximum atomic E-state index is 11.0. The number of hydrogen-bond acceptors (Lipinski definition) is 2. The van der Waals surface area contributed by atoms with E-state index in [1.165, 1.54) is 0 Å². The van der Waals surface area contributed by atoms with Crippen LogP contribution in [0.25, 0.3) is 0 Å². The number of hydrogen-bond donors (Lipinski definition) is 0. The summed E-state index contributed by atoms with van der Waals surface area (Å²) in [7, 11) is -6.41. The average Bonchev–Trinajstić information content (AvgIpc) is 1.91. The van der Waals surface area contributed by atoms with Crippen LogP contribution in [0.5, 0.6) is 0 Å². The number of rotatable bonds is 5. The van der Waals surface area contributed by atoms with Crippen LogP contribution in [0.1, 0.15) is 0 Å². The lowest BCUT2D eigenvalue weighted by Crippen LogP contribution is -2.75. The van der Waals surface area contributed by atoms with E-state index in [1.54, 1.807) is 0 Å². The first kappa shape index (κ1) is 19.2. The van der Waals surface area contributed by atoms with Gasteiger partial charge >= 0.3 is 0 Å². The fraction of sp³-hybridized carbons (Fsp3) is 0.923. The molecule has 0 aliphatic carbocycles. The van der Waals surface area contributed by atoms with Crippen molar-refractivity contribution in [2.45, 2.75) is 75.9 Å². The van der Waals surface area contributed by atoms with Gasteiger partial charge in [-0.3, -0.25) is 0 Å². The second kappa shape index (κ2) is 5.22. The van der Waals surface area contributed by atoms with E-state index in [9.17, 15) is 4.79 Å². The van der Waals surface area contributed by atoms with E-state index in [0.29, 0.717) is 3.91 Å². The van der Waals surface area contributed by atoms with Crippen molar-refractivity contribution in [1.82, 2.24) is 0 Å². The Morgan fingerprint density at radius 1 is 0.684 bits per heavy atom. The first-order valence-corrected chi connectivity index (χ1v) is 20.6. The molecular weight excluding hydrogens is 298 g/mol. The highest BCUT2D eigenvalue weighted by Gasteiger charge is 2.68. The zero-order valence-electron chi connectivity index (χ0n) is 14.9. The molecule has 0 radical (unpaired) electrons. The standard InChI is InChI=1S/C13H33NOSi4/c1-16(2,3)13(17(4,5)6,18(7,8)9)19(10,11)14-12-15/h1-11H3. The molecule has 6 heteroatoms. The van der Waals surface area contributed by atoms with Crippen molar-refractivity contribution in [3.63, 3.8) is 0 Å². The van der Waals surface area contributed by atoms with Gasteiger partial charge in [-0.25, -0.2) is 9.45 Å². The van der Waals surface area contributed by atoms with Crippen LogP contribution in [-0.2, 0) is 4.79 Å². The molecule has 0 bridgehead atoms. The lowest BCUT2D eigenvalue weighted by Gasteiger charge is -2.63. The van der Waals surface area contributed by atoms with Gasteiger partial charge < -0.3 is 0 Å². The zero-order chi connectivity index (χ0) is 15.9. The lowest BCUT2D eigenvalue weighted by atomic mass is 11.6. The average molecular weight is 332 g/mol. The lowest BCUT2D eigenvalue weighted by molar-refractivity contribution is 0.565. The van der Waals surface area contributed by atoms with Gasteiger partial charge in [0.2, 0.25) is 6.08 Å². The van der Waals surface area contributed by atoms with Crippen LogP contribution in [0.15, 0.2) is 4.66 Å². The van der Waals surface area contributed by atoms with Gasteiger partial charge in [0.05, 0.1) is 0 Å². The highest BCUT2D eigenvalue weighted by Crippen LogP contribution is 2.59. The summed E-state index contributed by atoms with van der Waals surface area (Å²) in [5, 5.41) is 0. The summed E-state index contributed by atoms with van der Waals surface area (Å²) in [6, 6.07) is 0. The molecule has 0 aromatic carbocycles. The van der Waals surface area contributed by atoms with Crippen molar-refractivity contribution in [2.24, 2.45) is 4.66 Å². The normalized spacial score (nSPS) is 15.1. The maximum absolute atomic E-state index is 11.0. The van der Waals surface area contributed by atoms with Crippen molar-refractivity contribution >= 4 is 38.5 Å². The largest absolute Gasteiger partial charge is 0.248 e. The summed E-state index contributed by atoms with van der Waals surface area (Å²) in [5.74, 6) is 0. The molecule has 0 amide bonds. The summed E-state index contributed by atoms with van der Waals surface area (Å²) in [4.78, 5) is 11.0. The fourth-order valence-corrected chi connectivity index (χ4v) is 56.3. The Hall–Kier alpha value is 0.248. The first-order valence-electron chi connectivity index (χ1n) is 7.15. The second-order valence-electron chi connectivity index (χ2n) is 9.26. The minimum Gasteiger partial charge on any atom is -0.248 e. The van der Waals surface area contributed by atoms with E-state index < -0.39 is 32.5 Å². The molecule has 0 aromatic rings. The molecular formula is C13H33NOSi4. The summed E-state index contributed by atoms with van der Waals surface area (Å²) in [6.45, 7) is 27.1. The molecule has 0 rings (SSSR count). The van der Waals surface area contributed by atoms with Crippen LogP contribution < -0.4 is 0 Å². The molecule has 112 valence electrons. The van der Waals surface area contributed by atoms with E-state index in [2.05, 4.69) is 76.7 Å². The van der Waals surface area contributed by atoms with Crippen LogP contribution in [-0.4, -0.2) is 38.5 Å². The molecule has 0 saturated carbocycles. The third-order valence-electron chi connectivity index (χ3n) is 4.62. The van der Waals surface area contributed by atoms with Crippen LogP contribution in [0.4, 0.5) is 0 Å². The van der Waals surface area contributed by atoms with Gasteiger partial charge in [-0.15, -0.1) is 0 Å². The van der Waals surface area contributed by atoms with Gasteiger partial charge in [-0.05, 0) is 17.0 Å². The third kappa shape index (κ3) is 2.97. The highest BCUT2D eigenvalue weighted by molar-refractivity contribution is 7.29. The van der Waals surface area contributed by atoms with E-state index in [4.69, 9.17) is 0 Å². The van der Waals surface area contributed by atoms with Crippen LogP contribution in [0, 0.1) is 0 Å². The predicted octanol–water partition coefficient (Wildman–Crippen LogP) is 4.90. The van der Waals surface area contributed by atoms with Gasteiger partial charge in [0.25, 0.3) is 0 Å². The summed E-state index contributed by atoms with van der Waals surface area (Å²) in [5.41, 5.74) is 0. The van der Waals surface area contributed by atoms with Crippen molar-refractivity contribution in [3.05, 3.63) is 0 Å². The molecule has 0 unspecified atom stereocenters. The Bertz CT molecular complexity index is 343. The Balaban J connectivity index is 6.71. The Morgan fingerprint density at radius 3 is 1.11 bits per heavy atom. The van der Waals surface area contributed by atoms with E-state index >= 15 is 0 Å². The Morgan fingerprint density at radius 2 is 0.947 bits per heavy atom. The third-order valence-corrected chi connectivity index (χ3v) is 39.6. The quantitative estimate of drug-likeness (QED) is 0.400. The minimum atomic E-state index is -2.00. The molecule has 0 atom stereocenters. The number of nitrogens with zero attached hydrogens (tertiary/aromatic N) is 1. The molecule has 0 N–H and O–H groups in total. The Kier molecular flexibility index (Phi) is 5.29. The van der Waals surface area contributed by atoms with Crippen LogP contribution in [0.3, 0.4) is 0 Å². The molecule has 0 aromatic heterocycles. The number of carbonyl (C=O) groups excluding carboxylic acids is 1. The van der Waals surface area contributed by atoms with Gasteiger partial charge in [0.1, 0.15) is 0 Å². The predicted molar refractivity (Wildman–Crippen MR) is 98.3 cm³/mol.